The number of halogens is 1. The fourth-order valence-corrected chi connectivity index (χ4v) is 4.44. The number of aromatic nitrogens is 1. The first-order valence-corrected chi connectivity index (χ1v) is 10.3. The van der Waals surface area contributed by atoms with Crippen molar-refractivity contribution in [2.75, 3.05) is 19.4 Å². The highest BCUT2D eigenvalue weighted by Crippen LogP contribution is 2.35. The lowest BCUT2D eigenvalue weighted by atomic mass is 9.81. The summed E-state index contributed by atoms with van der Waals surface area (Å²) in [6.07, 6.45) is 4.74. The molecule has 0 unspecified atom stereocenters. The fraction of sp³-hybridized carbons (Fsp3) is 0.375. The van der Waals surface area contributed by atoms with E-state index in [2.05, 4.69) is 41.4 Å². The molecule has 5 heteroatoms. The van der Waals surface area contributed by atoms with Crippen molar-refractivity contribution in [1.82, 2.24) is 9.88 Å². The largest absolute Gasteiger partial charge is 0.350 e. The highest BCUT2D eigenvalue weighted by molar-refractivity contribution is 6.06. The maximum Gasteiger partial charge on any atom is 0.272 e. The second kappa shape index (κ2) is 7.99. The first-order chi connectivity index (χ1) is 13.9. The number of fused-ring (bicyclic) bond motifs is 1. The Hall–Kier alpha value is -2.66. The maximum absolute atomic E-state index is 14.1. The Morgan fingerprint density at radius 1 is 1.10 bits per heavy atom. The quantitative estimate of drug-likeness (QED) is 0.619. The molecule has 4 rings (SSSR count). The van der Waals surface area contributed by atoms with Crippen LogP contribution in [-0.4, -0.2) is 35.9 Å². The van der Waals surface area contributed by atoms with Crippen molar-refractivity contribution in [1.29, 1.82) is 0 Å². The van der Waals surface area contributed by atoms with Crippen LogP contribution in [0.4, 0.5) is 10.1 Å². The van der Waals surface area contributed by atoms with E-state index in [1.165, 1.54) is 37.3 Å². The van der Waals surface area contributed by atoms with E-state index in [0.717, 1.165) is 11.3 Å². The number of aryl methyl sites for hydroxylation is 1. The maximum atomic E-state index is 14.1. The average molecular weight is 394 g/mol. The molecule has 1 aliphatic carbocycles. The fourth-order valence-electron chi connectivity index (χ4n) is 4.44. The minimum Gasteiger partial charge on any atom is -0.350 e. The number of nitrogens with zero attached hydrogens (tertiary/aromatic N) is 1. The van der Waals surface area contributed by atoms with Crippen LogP contribution in [0.15, 0.2) is 42.5 Å². The summed E-state index contributed by atoms with van der Waals surface area (Å²) < 4.78 is 14.1. The van der Waals surface area contributed by atoms with Gasteiger partial charge in [0.25, 0.3) is 5.91 Å². The number of hydrogen-bond acceptors (Lipinski definition) is 2. The zero-order valence-corrected chi connectivity index (χ0v) is 17.3. The van der Waals surface area contributed by atoms with Crippen LogP contribution < -0.4 is 5.32 Å². The third-order valence-electron chi connectivity index (χ3n) is 6.24. The topological polar surface area (TPSA) is 48.1 Å². The van der Waals surface area contributed by atoms with Gasteiger partial charge in [0.1, 0.15) is 11.5 Å². The van der Waals surface area contributed by atoms with E-state index in [4.69, 9.17) is 0 Å². The summed E-state index contributed by atoms with van der Waals surface area (Å²) >= 11 is 0. The zero-order chi connectivity index (χ0) is 20.5. The molecule has 29 heavy (non-hydrogen) atoms. The van der Waals surface area contributed by atoms with E-state index in [1.807, 2.05) is 19.1 Å². The highest BCUT2D eigenvalue weighted by Gasteiger charge is 2.23. The van der Waals surface area contributed by atoms with Crippen LogP contribution in [-0.2, 0) is 0 Å². The predicted molar refractivity (Wildman–Crippen MR) is 116 cm³/mol. The van der Waals surface area contributed by atoms with Crippen molar-refractivity contribution in [3.05, 3.63) is 65.1 Å². The lowest BCUT2D eigenvalue weighted by Gasteiger charge is -2.33. The van der Waals surface area contributed by atoms with Crippen LogP contribution in [0.5, 0.6) is 0 Å². The molecule has 3 aromatic rings. The Morgan fingerprint density at radius 3 is 2.55 bits per heavy atom. The molecule has 1 aliphatic rings. The number of aromatic amines is 1. The number of carbonyl (C=O) groups is 1. The Bertz CT molecular complexity index is 993. The SMILES string of the molecule is Cc1ccc(F)c2cc(C(=O)Nc3cccc(C4CCC(N(C)C)CC4)c3)[nH]c12. The molecule has 1 aromatic heterocycles. The number of nitrogens with one attached hydrogen (secondary N) is 2. The van der Waals surface area contributed by atoms with Crippen LogP contribution in [0, 0.1) is 12.7 Å². The van der Waals surface area contributed by atoms with Crippen LogP contribution in [0.1, 0.15) is 53.2 Å². The number of anilines is 1. The molecule has 1 amide bonds. The van der Waals surface area contributed by atoms with Gasteiger partial charge in [0.15, 0.2) is 0 Å². The highest BCUT2D eigenvalue weighted by atomic mass is 19.1. The normalized spacial score (nSPS) is 19.6. The van der Waals surface area contributed by atoms with E-state index in [-0.39, 0.29) is 11.7 Å². The number of hydrogen-bond donors (Lipinski definition) is 2. The first kappa shape index (κ1) is 19.6. The van der Waals surface area contributed by atoms with Gasteiger partial charge in [-0.15, -0.1) is 0 Å². The standard InChI is InChI=1S/C24H28FN3O/c1-15-7-12-21(25)20-14-22(27-23(15)20)24(29)26-18-6-4-5-17(13-18)16-8-10-19(11-9-16)28(2)3/h4-7,12-14,16,19,27H,8-11H2,1-3H3,(H,26,29). The molecule has 0 spiro atoms. The van der Waals surface area contributed by atoms with Gasteiger partial charge in [0.2, 0.25) is 0 Å². The zero-order valence-electron chi connectivity index (χ0n) is 17.3. The number of rotatable bonds is 4. The Labute approximate surface area is 171 Å². The van der Waals surface area contributed by atoms with Gasteiger partial charge in [0, 0.05) is 17.1 Å². The summed E-state index contributed by atoms with van der Waals surface area (Å²) in [6, 6.07) is 13.5. The summed E-state index contributed by atoms with van der Waals surface area (Å²) in [7, 11) is 4.30. The molecule has 1 saturated carbocycles. The second-order valence-electron chi connectivity index (χ2n) is 8.38. The van der Waals surface area contributed by atoms with Crippen LogP contribution in [0.2, 0.25) is 0 Å². The van der Waals surface area contributed by atoms with E-state index in [1.54, 1.807) is 12.1 Å². The molecule has 0 saturated heterocycles. The minimum atomic E-state index is -0.323. The third-order valence-corrected chi connectivity index (χ3v) is 6.24. The summed E-state index contributed by atoms with van der Waals surface area (Å²) in [4.78, 5) is 18.1. The summed E-state index contributed by atoms with van der Waals surface area (Å²) in [6.45, 7) is 1.90. The summed E-state index contributed by atoms with van der Waals surface area (Å²) in [5, 5.41) is 3.41. The summed E-state index contributed by atoms with van der Waals surface area (Å²) in [5.41, 5.74) is 4.00. The van der Waals surface area contributed by atoms with Gasteiger partial charge >= 0.3 is 0 Å². The van der Waals surface area contributed by atoms with E-state index in [9.17, 15) is 9.18 Å². The molecule has 1 heterocycles. The smallest absolute Gasteiger partial charge is 0.272 e. The van der Waals surface area contributed by atoms with Gasteiger partial charge in [-0.1, -0.05) is 18.2 Å². The lowest BCUT2D eigenvalue weighted by Crippen LogP contribution is -2.31. The van der Waals surface area contributed by atoms with Crippen molar-refractivity contribution in [3.63, 3.8) is 0 Å². The molecule has 0 aliphatic heterocycles. The third kappa shape index (κ3) is 4.06. The van der Waals surface area contributed by atoms with Gasteiger partial charge in [-0.2, -0.15) is 0 Å². The van der Waals surface area contributed by atoms with Crippen molar-refractivity contribution in [3.8, 4) is 0 Å². The molecule has 4 nitrogen and oxygen atoms in total. The van der Waals surface area contributed by atoms with E-state index >= 15 is 0 Å². The van der Waals surface area contributed by atoms with Gasteiger partial charge in [-0.3, -0.25) is 4.79 Å². The number of benzene rings is 2. The molecular weight excluding hydrogens is 365 g/mol. The number of amides is 1. The predicted octanol–water partition coefficient (Wildman–Crippen LogP) is 5.46. The number of carbonyl (C=O) groups excluding carboxylic acids is 1. The Balaban J connectivity index is 1.49. The minimum absolute atomic E-state index is 0.256. The molecule has 2 aromatic carbocycles. The van der Waals surface area contributed by atoms with Crippen molar-refractivity contribution in [2.45, 2.75) is 44.6 Å². The van der Waals surface area contributed by atoms with Crippen molar-refractivity contribution >= 4 is 22.5 Å². The molecule has 0 atom stereocenters. The van der Waals surface area contributed by atoms with Crippen molar-refractivity contribution in [2.24, 2.45) is 0 Å². The van der Waals surface area contributed by atoms with Gasteiger partial charge in [0.05, 0.1) is 5.52 Å². The van der Waals surface area contributed by atoms with E-state index < -0.39 is 0 Å². The summed E-state index contributed by atoms with van der Waals surface area (Å²) in [5.74, 6) is -0.0439. The number of H-pyrrole nitrogens is 1. The molecular formula is C24H28FN3O. The van der Waals surface area contributed by atoms with Gasteiger partial charge in [-0.25, -0.2) is 4.39 Å². The van der Waals surface area contributed by atoms with Crippen LogP contribution >= 0.6 is 0 Å². The van der Waals surface area contributed by atoms with Crippen LogP contribution in [0.3, 0.4) is 0 Å². The molecule has 1 fully saturated rings. The van der Waals surface area contributed by atoms with Crippen LogP contribution in [0.25, 0.3) is 10.9 Å². The monoisotopic (exact) mass is 393 g/mol. The molecule has 0 bridgehead atoms. The first-order valence-electron chi connectivity index (χ1n) is 10.3. The van der Waals surface area contributed by atoms with Gasteiger partial charge in [-0.05, 0) is 88.0 Å². The Morgan fingerprint density at radius 2 is 1.86 bits per heavy atom. The lowest BCUT2D eigenvalue weighted by molar-refractivity contribution is 0.102. The second-order valence-corrected chi connectivity index (χ2v) is 8.38. The van der Waals surface area contributed by atoms with Gasteiger partial charge < -0.3 is 15.2 Å². The van der Waals surface area contributed by atoms with E-state index in [0.29, 0.717) is 28.6 Å². The molecule has 2 N–H and O–H groups in total. The average Bonchev–Trinajstić information content (AvgIpc) is 3.18. The molecule has 0 radical (unpaired) electrons. The Kier molecular flexibility index (Phi) is 5.41. The molecule has 152 valence electrons. The van der Waals surface area contributed by atoms with Crippen molar-refractivity contribution < 1.29 is 9.18 Å².